The second kappa shape index (κ2) is 6.16. The Morgan fingerprint density at radius 3 is 2.73 bits per heavy atom. The molecule has 0 saturated carbocycles. The standard InChI is InChI=1S/C15H22N6S/c1-10(2)12-8-20(4-5-22-12)14-7-15(18-9-17-14)21-13(16)6-11(3)19-21/h6-7,9-10,12H,4-5,8,16H2,1-3H3/t12-/m1/s1. The molecule has 0 aliphatic carbocycles. The zero-order chi connectivity index (χ0) is 15.7. The molecule has 0 amide bonds. The van der Waals surface area contributed by atoms with Crippen LogP contribution in [-0.2, 0) is 0 Å². The molecule has 1 aliphatic rings. The normalized spacial score (nSPS) is 18.9. The second-order valence-corrected chi connectivity index (χ2v) is 7.30. The quantitative estimate of drug-likeness (QED) is 0.934. The van der Waals surface area contributed by atoms with Crippen LogP contribution in [-0.4, -0.2) is 43.8 Å². The molecule has 0 radical (unpaired) electrons. The number of nitrogen functional groups attached to an aromatic ring is 1. The fourth-order valence-corrected chi connectivity index (χ4v) is 3.91. The number of nitrogens with zero attached hydrogens (tertiary/aromatic N) is 5. The highest BCUT2D eigenvalue weighted by Crippen LogP contribution is 2.28. The number of hydrogen-bond acceptors (Lipinski definition) is 6. The minimum absolute atomic E-state index is 0.594. The lowest BCUT2D eigenvalue weighted by Crippen LogP contribution is -2.40. The summed E-state index contributed by atoms with van der Waals surface area (Å²) in [6, 6.07) is 3.81. The molecule has 22 heavy (non-hydrogen) atoms. The predicted octanol–water partition coefficient (Wildman–Crippen LogP) is 2.13. The van der Waals surface area contributed by atoms with E-state index in [2.05, 4.69) is 45.6 Å². The maximum absolute atomic E-state index is 5.99. The van der Waals surface area contributed by atoms with Gasteiger partial charge in [0.05, 0.1) is 5.69 Å². The van der Waals surface area contributed by atoms with Crippen LogP contribution < -0.4 is 10.6 Å². The molecule has 1 aliphatic heterocycles. The van der Waals surface area contributed by atoms with E-state index in [1.54, 1.807) is 11.0 Å². The van der Waals surface area contributed by atoms with Crippen LogP contribution in [0.4, 0.5) is 11.6 Å². The van der Waals surface area contributed by atoms with Gasteiger partial charge < -0.3 is 10.6 Å². The molecule has 2 N–H and O–H groups in total. The van der Waals surface area contributed by atoms with E-state index in [4.69, 9.17) is 5.73 Å². The lowest BCUT2D eigenvalue weighted by molar-refractivity contribution is 0.580. The van der Waals surface area contributed by atoms with Crippen LogP contribution in [0.2, 0.25) is 0 Å². The first-order valence-corrected chi connectivity index (χ1v) is 8.60. The Labute approximate surface area is 135 Å². The summed E-state index contributed by atoms with van der Waals surface area (Å²) in [5.74, 6) is 4.05. The zero-order valence-corrected chi connectivity index (χ0v) is 14.0. The Bertz CT molecular complexity index is 653. The molecule has 0 unspecified atom stereocenters. The number of rotatable bonds is 3. The van der Waals surface area contributed by atoms with Gasteiger partial charge in [-0.3, -0.25) is 0 Å². The van der Waals surface area contributed by atoms with Crippen molar-refractivity contribution in [3.05, 3.63) is 24.2 Å². The smallest absolute Gasteiger partial charge is 0.161 e. The SMILES string of the molecule is Cc1cc(N)n(-c2cc(N3CCS[C@@H](C(C)C)C3)ncn2)n1. The summed E-state index contributed by atoms with van der Waals surface area (Å²) >= 11 is 2.05. The molecule has 1 fully saturated rings. The van der Waals surface area contributed by atoms with E-state index in [0.29, 0.717) is 17.0 Å². The van der Waals surface area contributed by atoms with E-state index >= 15 is 0 Å². The van der Waals surface area contributed by atoms with Gasteiger partial charge in [-0.25, -0.2) is 9.97 Å². The maximum Gasteiger partial charge on any atom is 0.161 e. The largest absolute Gasteiger partial charge is 0.384 e. The molecule has 0 aromatic carbocycles. The molecule has 0 spiro atoms. The minimum atomic E-state index is 0.594. The third-order valence-electron chi connectivity index (χ3n) is 3.88. The van der Waals surface area contributed by atoms with Gasteiger partial charge in [0.2, 0.25) is 0 Å². The average molecular weight is 318 g/mol. The molecule has 0 bridgehead atoms. The number of anilines is 2. The molecule has 118 valence electrons. The van der Waals surface area contributed by atoms with Gasteiger partial charge in [0, 0.05) is 36.2 Å². The first kappa shape index (κ1) is 15.1. The molecule has 1 atom stereocenters. The second-order valence-electron chi connectivity index (χ2n) is 5.96. The molecule has 2 aromatic rings. The minimum Gasteiger partial charge on any atom is -0.384 e. The van der Waals surface area contributed by atoms with Crippen LogP contribution in [0.1, 0.15) is 19.5 Å². The van der Waals surface area contributed by atoms with Crippen LogP contribution in [0.5, 0.6) is 0 Å². The van der Waals surface area contributed by atoms with Gasteiger partial charge >= 0.3 is 0 Å². The maximum atomic E-state index is 5.99. The number of aryl methyl sites for hydroxylation is 1. The average Bonchev–Trinajstić information content (AvgIpc) is 2.86. The highest BCUT2D eigenvalue weighted by atomic mass is 32.2. The molecule has 2 aromatic heterocycles. The van der Waals surface area contributed by atoms with E-state index in [0.717, 1.165) is 36.2 Å². The summed E-state index contributed by atoms with van der Waals surface area (Å²) in [5, 5.41) is 5.03. The number of thioether (sulfide) groups is 1. The van der Waals surface area contributed by atoms with Crippen molar-refractivity contribution in [2.24, 2.45) is 5.92 Å². The Hall–Kier alpha value is -1.76. The molecule has 1 saturated heterocycles. The van der Waals surface area contributed by atoms with Crippen molar-refractivity contribution in [3.8, 4) is 5.82 Å². The fraction of sp³-hybridized carbons (Fsp3) is 0.533. The van der Waals surface area contributed by atoms with Gasteiger partial charge in [-0.15, -0.1) is 0 Å². The lowest BCUT2D eigenvalue weighted by atomic mass is 10.1. The third kappa shape index (κ3) is 3.04. The van der Waals surface area contributed by atoms with Crippen LogP contribution in [0, 0.1) is 12.8 Å². The van der Waals surface area contributed by atoms with Crippen molar-refractivity contribution >= 4 is 23.4 Å². The molecular weight excluding hydrogens is 296 g/mol. The molecule has 3 rings (SSSR count). The van der Waals surface area contributed by atoms with Gasteiger partial charge in [0.15, 0.2) is 5.82 Å². The highest BCUT2D eigenvalue weighted by Gasteiger charge is 2.24. The van der Waals surface area contributed by atoms with Crippen molar-refractivity contribution in [1.29, 1.82) is 0 Å². The highest BCUT2D eigenvalue weighted by molar-refractivity contribution is 8.00. The van der Waals surface area contributed by atoms with E-state index in [1.807, 2.05) is 19.1 Å². The Morgan fingerprint density at radius 1 is 1.27 bits per heavy atom. The summed E-state index contributed by atoms with van der Waals surface area (Å²) in [4.78, 5) is 11.1. The Morgan fingerprint density at radius 2 is 2.05 bits per heavy atom. The van der Waals surface area contributed by atoms with Crippen LogP contribution in [0.25, 0.3) is 5.82 Å². The van der Waals surface area contributed by atoms with E-state index in [1.165, 1.54) is 0 Å². The van der Waals surface area contributed by atoms with Gasteiger partial charge in [-0.1, -0.05) is 13.8 Å². The van der Waals surface area contributed by atoms with Crippen molar-refractivity contribution < 1.29 is 0 Å². The van der Waals surface area contributed by atoms with Crippen molar-refractivity contribution in [2.75, 3.05) is 29.5 Å². The topological polar surface area (TPSA) is 72.9 Å². The summed E-state index contributed by atoms with van der Waals surface area (Å²) in [6.45, 7) is 8.51. The molecule has 7 heteroatoms. The number of hydrogen-bond donors (Lipinski definition) is 1. The summed E-state index contributed by atoms with van der Waals surface area (Å²) in [5.41, 5.74) is 6.87. The number of nitrogens with two attached hydrogens (primary N) is 1. The first-order chi connectivity index (χ1) is 10.5. The molecule has 3 heterocycles. The molecule has 6 nitrogen and oxygen atoms in total. The lowest BCUT2D eigenvalue weighted by Gasteiger charge is -2.35. The number of aromatic nitrogens is 4. The van der Waals surface area contributed by atoms with E-state index in [-0.39, 0.29) is 0 Å². The van der Waals surface area contributed by atoms with Gasteiger partial charge in [-0.2, -0.15) is 21.5 Å². The zero-order valence-electron chi connectivity index (χ0n) is 13.2. The third-order valence-corrected chi connectivity index (χ3v) is 5.42. The molecular formula is C15H22N6S. The van der Waals surface area contributed by atoms with Crippen molar-refractivity contribution in [2.45, 2.75) is 26.0 Å². The van der Waals surface area contributed by atoms with Crippen molar-refractivity contribution in [1.82, 2.24) is 19.7 Å². The Balaban J connectivity index is 1.86. The van der Waals surface area contributed by atoms with Crippen molar-refractivity contribution in [3.63, 3.8) is 0 Å². The fourth-order valence-electron chi connectivity index (χ4n) is 2.62. The van der Waals surface area contributed by atoms with Crippen LogP contribution in [0.3, 0.4) is 0 Å². The predicted molar refractivity (Wildman–Crippen MR) is 91.6 cm³/mol. The first-order valence-electron chi connectivity index (χ1n) is 7.55. The summed E-state index contributed by atoms with van der Waals surface area (Å²) in [7, 11) is 0. The Kier molecular flexibility index (Phi) is 4.24. The van der Waals surface area contributed by atoms with Gasteiger partial charge in [-0.05, 0) is 12.8 Å². The van der Waals surface area contributed by atoms with E-state index in [9.17, 15) is 0 Å². The van der Waals surface area contributed by atoms with Crippen LogP contribution in [0.15, 0.2) is 18.5 Å². The van der Waals surface area contributed by atoms with Gasteiger partial charge in [0.25, 0.3) is 0 Å². The van der Waals surface area contributed by atoms with Gasteiger partial charge in [0.1, 0.15) is 18.0 Å². The van der Waals surface area contributed by atoms with E-state index < -0.39 is 0 Å². The van der Waals surface area contributed by atoms with Crippen LogP contribution >= 0.6 is 11.8 Å². The monoisotopic (exact) mass is 318 g/mol. The summed E-state index contributed by atoms with van der Waals surface area (Å²) in [6.07, 6.45) is 1.59. The summed E-state index contributed by atoms with van der Waals surface area (Å²) < 4.78 is 1.67.